The number of aromatic nitrogens is 3. The Labute approximate surface area is 146 Å². The number of aryl methyl sites for hydroxylation is 2. The van der Waals surface area contributed by atoms with Crippen molar-refractivity contribution in [2.45, 2.75) is 26.8 Å². The van der Waals surface area contributed by atoms with Gasteiger partial charge >= 0.3 is 0 Å². The molecule has 0 radical (unpaired) electrons. The van der Waals surface area contributed by atoms with Crippen LogP contribution in [0.15, 0.2) is 59.4 Å². The van der Waals surface area contributed by atoms with Crippen molar-refractivity contribution in [2.75, 3.05) is 5.32 Å². The van der Waals surface area contributed by atoms with Gasteiger partial charge in [0.25, 0.3) is 0 Å². The van der Waals surface area contributed by atoms with Crippen molar-refractivity contribution >= 4 is 11.3 Å². The van der Waals surface area contributed by atoms with Crippen molar-refractivity contribution < 1.29 is 4.52 Å². The molecule has 1 aromatic carbocycles. The number of anilines is 1. The van der Waals surface area contributed by atoms with E-state index in [0.29, 0.717) is 0 Å². The van der Waals surface area contributed by atoms with Gasteiger partial charge in [0, 0.05) is 29.2 Å². The molecule has 1 atom stereocenters. The number of fused-ring (bicyclic) bond motifs is 1. The van der Waals surface area contributed by atoms with Gasteiger partial charge in [0.05, 0.1) is 17.4 Å². The average Bonchev–Trinajstić information content (AvgIpc) is 3.18. The van der Waals surface area contributed by atoms with E-state index in [-0.39, 0.29) is 6.04 Å². The Hall–Kier alpha value is -3.08. The lowest BCUT2D eigenvalue weighted by Crippen LogP contribution is -2.08. The summed E-state index contributed by atoms with van der Waals surface area (Å²) in [6.07, 6.45) is 4.05. The first-order valence-electron chi connectivity index (χ1n) is 8.35. The highest BCUT2D eigenvalue weighted by molar-refractivity contribution is 5.65. The van der Waals surface area contributed by atoms with Gasteiger partial charge < -0.3 is 14.2 Å². The van der Waals surface area contributed by atoms with Crippen molar-refractivity contribution in [3.8, 4) is 11.3 Å². The Morgan fingerprint density at radius 1 is 1.08 bits per heavy atom. The number of benzene rings is 1. The van der Waals surface area contributed by atoms with Crippen LogP contribution in [0.3, 0.4) is 0 Å². The Bertz CT molecular complexity index is 961. The van der Waals surface area contributed by atoms with E-state index in [0.717, 1.165) is 39.6 Å². The number of nitrogens with one attached hydrogen (secondary N) is 1. The predicted octanol–water partition coefficient (Wildman–Crippen LogP) is 4.78. The second-order valence-corrected chi connectivity index (χ2v) is 6.27. The first-order valence-corrected chi connectivity index (χ1v) is 8.35. The van der Waals surface area contributed by atoms with Crippen molar-refractivity contribution in [1.82, 2.24) is 14.5 Å². The van der Waals surface area contributed by atoms with Crippen molar-refractivity contribution in [2.24, 2.45) is 0 Å². The highest BCUT2D eigenvalue weighted by Crippen LogP contribution is 2.26. The minimum absolute atomic E-state index is 0.132. The molecule has 0 amide bonds. The smallest absolute Gasteiger partial charge is 0.139 e. The standard InChI is InChI=1S/C20H20N4O/c1-13(20-14(2)23-25-15(20)3)21-17-9-7-16(8-10-17)18-12-24-11-5-4-6-19(24)22-18/h4-13,21H,1-3H3. The van der Waals surface area contributed by atoms with Gasteiger partial charge in [0.15, 0.2) is 0 Å². The molecule has 0 saturated carbocycles. The van der Waals surface area contributed by atoms with Gasteiger partial charge in [-0.1, -0.05) is 23.4 Å². The second-order valence-electron chi connectivity index (χ2n) is 6.27. The van der Waals surface area contributed by atoms with Crippen molar-refractivity contribution in [3.63, 3.8) is 0 Å². The summed E-state index contributed by atoms with van der Waals surface area (Å²) in [5, 5.41) is 7.53. The molecule has 0 aliphatic rings. The molecule has 0 fully saturated rings. The van der Waals surface area contributed by atoms with Crippen LogP contribution in [0.4, 0.5) is 5.69 Å². The van der Waals surface area contributed by atoms with E-state index >= 15 is 0 Å². The number of pyridine rings is 1. The van der Waals surface area contributed by atoms with Crippen LogP contribution >= 0.6 is 0 Å². The summed E-state index contributed by atoms with van der Waals surface area (Å²) >= 11 is 0. The van der Waals surface area contributed by atoms with Gasteiger partial charge in [-0.2, -0.15) is 0 Å². The molecule has 3 aromatic heterocycles. The fraction of sp³-hybridized carbons (Fsp3) is 0.200. The highest BCUT2D eigenvalue weighted by atomic mass is 16.5. The Balaban J connectivity index is 1.55. The topological polar surface area (TPSA) is 55.4 Å². The van der Waals surface area contributed by atoms with E-state index in [1.165, 1.54) is 0 Å². The monoisotopic (exact) mass is 332 g/mol. The SMILES string of the molecule is Cc1noc(C)c1C(C)Nc1ccc(-c2cn3ccccc3n2)cc1. The first-order chi connectivity index (χ1) is 12.1. The molecule has 0 bridgehead atoms. The fourth-order valence-electron chi connectivity index (χ4n) is 3.24. The van der Waals surface area contributed by atoms with E-state index in [2.05, 4.69) is 46.6 Å². The van der Waals surface area contributed by atoms with Crippen LogP contribution in [0.5, 0.6) is 0 Å². The molecular weight excluding hydrogens is 312 g/mol. The summed E-state index contributed by atoms with van der Waals surface area (Å²) in [5.41, 5.74) is 6.12. The number of nitrogens with zero attached hydrogens (tertiary/aromatic N) is 3. The highest BCUT2D eigenvalue weighted by Gasteiger charge is 2.16. The summed E-state index contributed by atoms with van der Waals surface area (Å²) in [5.74, 6) is 0.860. The van der Waals surface area contributed by atoms with Gasteiger partial charge in [0.2, 0.25) is 0 Å². The van der Waals surface area contributed by atoms with E-state index in [1.54, 1.807) is 0 Å². The minimum Gasteiger partial charge on any atom is -0.378 e. The zero-order chi connectivity index (χ0) is 17.4. The normalized spacial score (nSPS) is 12.4. The lowest BCUT2D eigenvalue weighted by atomic mass is 10.1. The zero-order valence-electron chi connectivity index (χ0n) is 14.5. The minimum atomic E-state index is 0.132. The molecule has 126 valence electrons. The Morgan fingerprint density at radius 3 is 2.56 bits per heavy atom. The molecule has 4 rings (SSSR count). The zero-order valence-corrected chi connectivity index (χ0v) is 14.5. The fourth-order valence-corrected chi connectivity index (χ4v) is 3.24. The summed E-state index contributed by atoms with van der Waals surface area (Å²) in [7, 11) is 0. The summed E-state index contributed by atoms with van der Waals surface area (Å²) < 4.78 is 7.29. The molecule has 1 N–H and O–H groups in total. The van der Waals surface area contributed by atoms with Crippen LogP contribution in [0.1, 0.15) is 30.0 Å². The van der Waals surface area contributed by atoms with Crippen LogP contribution in [-0.4, -0.2) is 14.5 Å². The second kappa shape index (κ2) is 6.09. The predicted molar refractivity (Wildman–Crippen MR) is 98.6 cm³/mol. The lowest BCUT2D eigenvalue weighted by molar-refractivity contribution is 0.392. The van der Waals surface area contributed by atoms with Crippen molar-refractivity contribution in [1.29, 1.82) is 0 Å². The van der Waals surface area contributed by atoms with E-state index < -0.39 is 0 Å². The lowest BCUT2D eigenvalue weighted by Gasteiger charge is -2.15. The molecule has 3 heterocycles. The van der Waals surface area contributed by atoms with Crippen LogP contribution in [0.25, 0.3) is 16.9 Å². The summed E-state index contributed by atoms with van der Waals surface area (Å²) in [4.78, 5) is 4.66. The number of hydrogen-bond acceptors (Lipinski definition) is 4. The molecule has 0 spiro atoms. The molecule has 4 aromatic rings. The van der Waals surface area contributed by atoms with Gasteiger partial charge in [-0.15, -0.1) is 0 Å². The average molecular weight is 332 g/mol. The third kappa shape index (κ3) is 2.89. The Morgan fingerprint density at radius 2 is 1.88 bits per heavy atom. The summed E-state index contributed by atoms with van der Waals surface area (Å²) in [6.45, 7) is 6.03. The van der Waals surface area contributed by atoms with E-state index in [9.17, 15) is 0 Å². The van der Waals surface area contributed by atoms with Crippen LogP contribution in [-0.2, 0) is 0 Å². The summed E-state index contributed by atoms with van der Waals surface area (Å²) in [6, 6.07) is 14.5. The number of hydrogen-bond donors (Lipinski definition) is 1. The maximum atomic E-state index is 5.26. The molecule has 0 saturated heterocycles. The van der Waals surface area contributed by atoms with E-state index in [1.807, 2.05) is 48.8 Å². The van der Waals surface area contributed by atoms with Gasteiger partial charge in [-0.05, 0) is 45.0 Å². The first kappa shape index (κ1) is 15.4. The van der Waals surface area contributed by atoms with E-state index in [4.69, 9.17) is 4.52 Å². The molecule has 1 unspecified atom stereocenters. The third-order valence-corrected chi connectivity index (χ3v) is 4.45. The number of imidazole rings is 1. The number of rotatable bonds is 4. The molecular formula is C20H20N4O. The van der Waals surface area contributed by atoms with Crippen molar-refractivity contribution in [3.05, 3.63) is 71.9 Å². The quantitative estimate of drug-likeness (QED) is 0.584. The molecule has 0 aliphatic heterocycles. The molecule has 5 heteroatoms. The molecule has 5 nitrogen and oxygen atoms in total. The van der Waals surface area contributed by atoms with Crippen LogP contribution in [0.2, 0.25) is 0 Å². The Kier molecular flexibility index (Phi) is 3.76. The van der Waals surface area contributed by atoms with Gasteiger partial charge in [-0.3, -0.25) is 0 Å². The molecule has 25 heavy (non-hydrogen) atoms. The maximum Gasteiger partial charge on any atom is 0.139 e. The third-order valence-electron chi connectivity index (χ3n) is 4.45. The van der Waals surface area contributed by atoms with Gasteiger partial charge in [-0.25, -0.2) is 4.98 Å². The largest absolute Gasteiger partial charge is 0.378 e. The van der Waals surface area contributed by atoms with Crippen LogP contribution < -0.4 is 5.32 Å². The van der Waals surface area contributed by atoms with Crippen LogP contribution in [0, 0.1) is 13.8 Å². The maximum absolute atomic E-state index is 5.26. The van der Waals surface area contributed by atoms with Gasteiger partial charge in [0.1, 0.15) is 11.4 Å². The molecule has 0 aliphatic carbocycles.